The number of phenolic OH excluding ortho intramolecular Hbond substituents is 2. The van der Waals surface area contributed by atoms with Gasteiger partial charge < -0.3 is 70.8 Å². The van der Waals surface area contributed by atoms with Crippen LogP contribution in [-0.4, -0.2) is 119 Å². The molecular formula is C45H73N11O9S. The van der Waals surface area contributed by atoms with E-state index < -0.39 is 83.6 Å². The second-order valence-electron chi connectivity index (χ2n) is 16.8. The van der Waals surface area contributed by atoms with Crippen LogP contribution in [0.2, 0.25) is 0 Å². The quantitative estimate of drug-likeness (QED) is 0.0309. The van der Waals surface area contributed by atoms with Gasteiger partial charge in [-0.1, -0.05) is 44.5 Å². The van der Waals surface area contributed by atoms with Crippen LogP contribution in [0.1, 0.15) is 89.2 Å². The monoisotopic (exact) mass is 944 g/mol. The first-order valence-corrected chi connectivity index (χ1v) is 23.2. The molecule has 7 amide bonds. The van der Waals surface area contributed by atoms with Gasteiger partial charge in [-0.15, -0.1) is 0 Å². The molecule has 0 aliphatic carbocycles. The number of unbranched alkanes of at least 4 members (excludes halogenated alkanes) is 3. The molecule has 18 N–H and O–H groups in total. The van der Waals surface area contributed by atoms with Crippen molar-refractivity contribution in [1.82, 2.24) is 31.9 Å². The molecule has 20 nitrogen and oxygen atoms in total. The van der Waals surface area contributed by atoms with Crippen molar-refractivity contribution in [2.45, 2.75) is 133 Å². The normalized spacial score (nSPS) is 14.4. The molecule has 0 aromatic heterocycles. The second kappa shape index (κ2) is 30.7. The van der Waals surface area contributed by atoms with Crippen LogP contribution in [0.3, 0.4) is 0 Å². The van der Waals surface area contributed by atoms with E-state index >= 15 is 0 Å². The van der Waals surface area contributed by atoms with Crippen LogP contribution < -0.4 is 60.6 Å². The third-order valence-electron chi connectivity index (χ3n) is 10.7. The lowest BCUT2D eigenvalue weighted by molar-refractivity contribution is -0.135. The number of nitrogens with two attached hydrogens (primary N) is 5. The van der Waals surface area contributed by atoms with Gasteiger partial charge in [0.05, 0.1) is 6.04 Å². The SMILES string of the molecule is CC(C)C[C@H](NC(=O)[C@H](CCCCN)NC(=O)[C@H](Cc1ccc(O)cc1)NC(=O)[C@@H](N)CCCCN)C(=O)N[C@@H](Cc1ccc(O)cc1)C(=O)N[C@@H](CCCCN)C(=O)N[C@@H](CS)C(N)=O. The van der Waals surface area contributed by atoms with Gasteiger partial charge in [-0.2, -0.15) is 12.6 Å². The van der Waals surface area contributed by atoms with Gasteiger partial charge in [-0.25, -0.2) is 0 Å². The Morgan fingerprint density at radius 2 is 0.833 bits per heavy atom. The minimum Gasteiger partial charge on any atom is -0.508 e. The summed E-state index contributed by atoms with van der Waals surface area (Å²) in [6, 6.07) is 3.87. The molecule has 0 spiro atoms. The third kappa shape index (κ3) is 21.2. The van der Waals surface area contributed by atoms with Gasteiger partial charge in [0.15, 0.2) is 0 Å². The van der Waals surface area contributed by atoms with Crippen LogP contribution in [-0.2, 0) is 46.4 Å². The van der Waals surface area contributed by atoms with Crippen molar-refractivity contribution in [3.8, 4) is 11.5 Å². The van der Waals surface area contributed by atoms with Crippen LogP contribution in [0.25, 0.3) is 0 Å². The van der Waals surface area contributed by atoms with Crippen LogP contribution >= 0.6 is 12.6 Å². The van der Waals surface area contributed by atoms with Gasteiger partial charge in [0.1, 0.15) is 47.8 Å². The molecule has 0 aliphatic heterocycles. The molecule has 7 atom stereocenters. The summed E-state index contributed by atoms with van der Waals surface area (Å²) in [7, 11) is 0. The lowest BCUT2D eigenvalue weighted by Gasteiger charge is -2.28. The van der Waals surface area contributed by atoms with E-state index in [1.54, 1.807) is 24.3 Å². The molecule has 2 rings (SSSR count). The van der Waals surface area contributed by atoms with E-state index in [1.165, 1.54) is 24.3 Å². The second-order valence-corrected chi connectivity index (χ2v) is 17.1. The zero-order valence-electron chi connectivity index (χ0n) is 38.1. The van der Waals surface area contributed by atoms with E-state index in [0.717, 1.165) is 0 Å². The Balaban J connectivity index is 2.46. The average molecular weight is 944 g/mol. The number of benzene rings is 2. The Morgan fingerprint density at radius 1 is 0.500 bits per heavy atom. The highest BCUT2D eigenvalue weighted by Gasteiger charge is 2.34. The van der Waals surface area contributed by atoms with E-state index in [9.17, 15) is 43.8 Å². The van der Waals surface area contributed by atoms with E-state index in [4.69, 9.17) is 28.7 Å². The van der Waals surface area contributed by atoms with E-state index in [0.29, 0.717) is 75.7 Å². The number of hydrogen-bond donors (Lipinski definition) is 14. The molecule has 0 fully saturated rings. The standard InChI is InChI=1S/C45H73N11O9S/c1-27(2)23-35(43(63)55-37(25-29-14-18-31(58)19-15-29)45(65)52-34(11-5-8-22-48)42(62)56-38(26-66)39(50)59)54-41(61)33(10-4-7-21-47)51-44(64)36(24-28-12-16-30(57)17-13-28)53-40(60)32(49)9-3-6-20-46/h12-19,27,32-38,57-58,66H,3-11,20-26,46-49H2,1-2H3,(H2,50,59)(H,51,64)(H,52,65)(H,53,60)(H,54,61)(H,55,63)(H,56,62)/t32-,33-,34-,35-,36-,37-,38-/m0/s1. The minimum atomic E-state index is -1.32. The molecule has 2 aromatic rings. The highest BCUT2D eigenvalue weighted by molar-refractivity contribution is 7.80. The van der Waals surface area contributed by atoms with Crippen molar-refractivity contribution in [3.05, 3.63) is 59.7 Å². The zero-order chi connectivity index (χ0) is 49.2. The van der Waals surface area contributed by atoms with Crippen molar-refractivity contribution in [2.24, 2.45) is 34.6 Å². The summed E-state index contributed by atoms with van der Waals surface area (Å²) in [6.07, 6.45) is 3.73. The number of aromatic hydroxyl groups is 2. The highest BCUT2D eigenvalue weighted by Crippen LogP contribution is 2.15. The maximum atomic E-state index is 14.3. The van der Waals surface area contributed by atoms with Crippen molar-refractivity contribution < 1.29 is 43.8 Å². The smallest absolute Gasteiger partial charge is 0.243 e. The molecule has 0 saturated carbocycles. The number of rotatable bonds is 32. The first kappa shape index (κ1) is 56.6. The van der Waals surface area contributed by atoms with Crippen LogP contribution in [0.4, 0.5) is 0 Å². The van der Waals surface area contributed by atoms with Gasteiger partial charge in [-0.3, -0.25) is 33.6 Å². The number of primary amides is 1. The van der Waals surface area contributed by atoms with E-state index in [2.05, 4.69) is 44.5 Å². The lowest BCUT2D eigenvalue weighted by atomic mass is 9.99. The number of thiol groups is 1. The molecule has 0 aliphatic rings. The Labute approximate surface area is 392 Å². The van der Waals surface area contributed by atoms with Gasteiger partial charge in [-0.05, 0) is 119 Å². The largest absolute Gasteiger partial charge is 0.508 e. The van der Waals surface area contributed by atoms with Gasteiger partial charge in [0.2, 0.25) is 41.4 Å². The predicted octanol–water partition coefficient (Wildman–Crippen LogP) is -1.03. The van der Waals surface area contributed by atoms with Gasteiger partial charge in [0, 0.05) is 18.6 Å². The van der Waals surface area contributed by atoms with Crippen molar-refractivity contribution in [2.75, 3.05) is 25.4 Å². The fourth-order valence-electron chi connectivity index (χ4n) is 6.87. The number of carbonyl (C=O) groups excluding carboxylic acids is 7. The number of phenols is 2. The van der Waals surface area contributed by atoms with E-state index in [1.807, 2.05) is 13.8 Å². The number of hydrogen-bond acceptors (Lipinski definition) is 14. The Bertz CT molecular complexity index is 1840. The highest BCUT2D eigenvalue weighted by atomic mass is 32.1. The van der Waals surface area contributed by atoms with Gasteiger partial charge in [0.25, 0.3) is 0 Å². The molecule has 368 valence electrons. The summed E-state index contributed by atoms with van der Waals surface area (Å²) in [5.74, 6) is -5.28. The zero-order valence-corrected chi connectivity index (χ0v) is 39.0. The number of carbonyl (C=O) groups is 7. The molecule has 21 heteroatoms. The van der Waals surface area contributed by atoms with Crippen molar-refractivity contribution in [3.63, 3.8) is 0 Å². The summed E-state index contributed by atoms with van der Waals surface area (Å²) in [5.41, 5.74) is 29.8. The summed E-state index contributed by atoms with van der Waals surface area (Å²) in [5, 5.41) is 36.0. The van der Waals surface area contributed by atoms with Crippen molar-refractivity contribution >= 4 is 54.0 Å². The number of amides is 7. The van der Waals surface area contributed by atoms with Crippen LogP contribution in [0.15, 0.2) is 48.5 Å². The molecular weight excluding hydrogens is 871 g/mol. The first-order valence-electron chi connectivity index (χ1n) is 22.6. The summed E-state index contributed by atoms with van der Waals surface area (Å²) < 4.78 is 0. The topological polar surface area (TPSA) is 362 Å². The summed E-state index contributed by atoms with van der Waals surface area (Å²) in [4.78, 5) is 95.3. The average Bonchev–Trinajstić information content (AvgIpc) is 3.27. The lowest BCUT2D eigenvalue weighted by Crippen LogP contribution is -2.60. The summed E-state index contributed by atoms with van der Waals surface area (Å²) in [6.45, 7) is 4.73. The molecule has 0 radical (unpaired) electrons. The molecule has 0 heterocycles. The van der Waals surface area contributed by atoms with Crippen LogP contribution in [0.5, 0.6) is 11.5 Å². The minimum absolute atomic E-state index is 0.00392. The Morgan fingerprint density at radius 3 is 1.21 bits per heavy atom. The molecule has 0 unspecified atom stereocenters. The van der Waals surface area contributed by atoms with Crippen LogP contribution in [0, 0.1) is 5.92 Å². The molecule has 0 bridgehead atoms. The van der Waals surface area contributed by atoms with Gasteiger partial charge >= 0.3 is 0 Å². The Hall–Kier alpha value is -5.48. The fourth-order valence-corrected chi connectivity index (χ4v) is 7.14. The maximum Gasteiger partial charge on any atom is 0.243 e. The fraction of sp³-hybridized carbons (Fsp3) is 0.578. The summed E-state index contributed by atoms with van der Waals surface area (Å²) >= 11 is 4.09. The molecule has 66 heavy (non-hydrogen) atoms. The Kier molecular flexibility index (Phi) is 26.3. The van der Waals surface area contributed by atoms with Crippen molar-refractivity contribution in [1.29, 1.82) is 0 Å². The number of nitrogens with one attached hydrogen (secondary N) is 6. The predicted molar refractivity (Wildman–Crippen MR) is 254 cm³/mol. The molecule has 0 saturated heterocycles. The van der Waals surface area contributed by atoms with E-state index in [-0.39, 0.29) is 55.3 Å². The maximum absolute atomic E-state index is 14.3. The third-order valence-corrected chi connectivity index (χ3v) is 11.0. The first-order chi connectivity index (χ1) is 31.4. The molecule has 2 aromatic carbocycles.